The first kappa shape index (κ1) is 11.6. The third-order valence-electron chi connectivity index (χ3n) is 2.13. The highest BCUT2D eigenvalue weighted by Crippen LogP contribution is 2.15. The van der Waals surface area contributed by atoms with Crippen LogP contribution in [-0.2, 0) is 0 Å². The molecule has 1 aromatic rings. The lowest BCUT2D eigenvalue weighted by molar-refractivity contribution is 0.501. The molecule has 0 bridgehead atoms. The number of hydrogen-bond donors (Lipinski definition) is 1. The van der Waals surface area contributed by atoms with E-state index in [1.807, 2.05) is 13.0 Å². The van der Waals surface area contributed by atoms with Crippen LogP contribution in [0.2, 0.25) is 0 Å². The van der Waals surface area contributed by atoms with E-state index in [2.05, 4.69) is 5.32 Å². The minimum absolute atomic E-state index is 0.0894. The second kappa shape index (κ2) is 5.42. The zero-order valence-electron chi connectivity index (χ0n) is 8.43. The Morgan fingerprint density at radius 2 is 2.13 bits per heavy atom. The predicted octanol–water partition coefficient (Wildman–Crippen LogP) is 2.53. The van der Waals surface area contributed by atoms with Crippen molar-refractivity contribution in [2.24, 2.45) is 0 Å². The highest BCUT2D eigenvalue weighted by Gasteiger charge is 2.07. The smallest absolute Gasteiger partial charge is 0.159 e. The maximum absolute atomic E-state index is 12.9. The fourth-order valence-electron chi connectivity index (χ4n) is 1.24. The number of nitrogens with zero attached hydrogens (tertiary/aromatic N) is 1. The average molecular weight is 210 g/mol. The first-order valence-electron chi connectivity index (χ1n) is 4.70. The SMILES string of the molecule is CC(NCCC#N)c1ccc(F)c(F)c1. The Morgan fingerprint density at radius 3 is 2.73 bits per heavy atom. The Morgan fingerprint density at radius 1 is 1.40 bits per heavy atom. The van der Waals surface area contributed by atoms with Gasteiger partial charge in [-0.3, -0.25) is 0 Å². The van der Waals surface area contributed by atoms with E-state index in [1.165, 1.54) is 12.1 Å². The van der Waals surface area contributed by atoms with Crippen LogP contribution in [-0.4, -0.2) is 6.54 Å². The van der Waals surface area contributed by atoms with E-state index in [1.54, 1.807) is 0 Å². The van der Waals surface area contributed by atoms with Gasteiger partial charge >= 0.3 is 0 Å². The fraction of sp³-hybridized carbons (Fsp3) is 0.364. The van der Waals surface area contributed by atoms with E-state index in [-0.39, 0.29) is 6.04 Å². The average Bonchev–Trinajstić information content (AvgIpc) is 2.22. The summed E-state index contributed by atoms with van der Waals surface area (Å²) in [5, 5.41) is 11.4. The second-order valence-electron chi connectivity index (χ2n) is 3.26. The van der Waals surface area contributed by atoms with Crippen molar-refractivity contribution in [3.05, 3.63) is 35.4 Å². The minimum atomic E-state index is -0.846. The lowest BCUT2D eigenvalue weighted by Crippen LogP contribution is -2.19. The van der Waals surface area contributed by atoms with E-state index in [9.17, 15) is 8.78 Å². The molecule has 0 spiro atoms. The molecule has 1 rings (SSSR count). The molecule has 4 heteroatoms. The number of halogens is 2. The Balaban J connectivity index is 2.62. The van der Waals surface area contributed by atoms with Crippen molar-refractivity contribution in [3.63, 3.8) is 0 Å². The van der Waals surface area contributed by atoms with Gasteiger partial charge in [-0.25, -0.2) is 8.78 Å². The van der Waals surface area contributed by atoms with Crippen LogP contribution in [0, 0.1) is 23.0 Å². The molecule has 15 heavy (non-hydrogen) atoms. The Hall–Kier alpha value is -1.47. The zero-order valence-corrected chi connectivity index (χ0v) is 8.43. The lowest BCUT2D eigenvalue weighted by atomic mass is 10.1. The quantitative estimate of drug-likeness (QED) is 0.775. The van der Waals surface area contributed by atoms with Crippen LogP contribution < -0.4 is 5.32 Å². The summed E-state index contributed by atoms with van der Waals surface area (Å²) < 4.78 is 25.5. The molecule has 2 nitrogen and oxygen atoms in total. The van der Waals surface area contributed by atoms with Crippen molar-refractivity contribution < 1.29 is 8.78 Å². The summed E-state index contributed by atoms with van der Waals surface area (Å²) in [6, 6.07) is 5.71. The summed E-state index contributed by atoms with van der Waals surface area (Å²) in [5.41, 5.74) is 0.673. The van der Waals surface area contributed by atoms with Gasteiger partial charge in [0, 0.05) is 19.0 Å². The molecular weight excluding hydrogens is 198 g/mol. The maximum Gasteiger partial charge on any atom is 0.159 e. The standard InChI is InChI=1S/C11H12F2N2/c1-8(15-6-2-5-14)9-3-4-10(12)11(13)7-9/h3-4,7-8,15H,2,6H2,1H3. The third-order valence-corrected chi connectivity index (χ3v) is 2.13. The van der Waals surface area contributed by atoms with Crippen LogP contribution in [0.3, 0.4) is 0 Å². The number of benzene rings is 1. The number of rotatable bonds is 4. The fourth-order valence-corrected chi connectivity index (χ4v) is 1.24. The highest BCUT2D eigenvalue weighted by molar-refractivity contribution is 5.20. The molecule has 0 aromatic heterocycles. The Kier molecular flexibility index (Phi) is 4.19. The molecule has 1 unspecified atom stereocenters. The molecule has 1 aromatic carbocycles. The van der Waals surface area contributed by atoms with Gasteiger partial charge in [0.15, 0.2) is 11.6 Å². The molecule has 1 atom stereocenters. The first-order chi connectivity index (χ1) is 7.15. The number of nitriles is 1. The molecule has 80 valence electrons. The summed E-state index contributed by atoms with van der Waals surface area (Å²) in [5.74, 6) is -1.69. The molecule has 0 saturated heterocycles. The van der Waals surface area contributed by atoms with Crippen molar-refractivity contribution in [2.45, 2.75) is 19.4 Å². The van der Waals surface area contributed by atoms with Gasteiger partial charge in [0.2, 0.25) is 0 Å². The molecule has 0 aliphatic heterocycles. The summed E-state index contributed by atoms with van der Waals surface area (Å²) in [6.45, 7) is 2.38. The summed E-state index contributed by atoms with van der Waals surface area (Å²) in [6.07, 6.45) is 0.397. The van der Waals surface area contributed by atoms with Crippen molar-refractivity contribution >= 4 is 0 Å². The van der Waals surface area contributed by atoms with E-state index in [0.29, 0.717) is 18.5 Å². The van der Waals surface area contributed by atoms with Gasteiger partial charge in [0.1, 0.15) is 0 Å². The van der Waals surface area contributed by atoms with Gasteiger partial charge in [-0.2, -0.15) is 5.26 Å². The van der Waals surface area contributed by atoms with E-state index < -0.39 is 11.6 Å². The van der Waals surface area contributed by atoms with E-state index in [0.717, 1.165) is 6.07 Å². The molecule has 0 fully saturated rings. The van der Waals surface area contributed by atoms with Crippen LogP contribution >= 0.6 is 0 Å². The molecule has 0 aliphatic rings. The largest absolute Gasteiger partial charge is 0.309 e. The molecule has 1 N–H and O–H groups in total. The van der Waals surface area contributed by atoms with Crippen LogP contribution in [0.5, 0.6) is 0 Å². The van der Waals surface area contributed by atoms with Gasteiger partial charge in [0.25, 0.3) is 0 Å². The Labute approximate surface area is 87.5 Å². The molecule has 0 aliphatic carbocycles. The maximum atomic E-state index is 12.9. The molecule has 0 amide bonds. The van der Waals surface area contributed by atoms with Crippen molar-refractivity contribution in [1.29, 1.82) is 5.26 Å². The van der Waals surface area contributed by atoms with Crippen LogP contribution in [0.1, 0.15) is 24.9 Å². The van der Waals surface area contributed by atoms with Crippen molar-refractivity contribution in [2.75, 3.05) is 6.54 Å². The minimum Gasteiger partial charge on any atom is -0.309 e. The summed E-state index contributed by atoms with van der Waals surface area (Å²) >= 11 is 0. The third kappa shape index (κ3) is 3.30. The van der Waals surface area contributed by atoms with Gasteiger partial charge < -0.3 is 5.32 Å². The van der Waals surface area contributed by atoms with Gasteiger partial charge in [-0.05, 0) is 24.6 Å². The van der Waals surface area contributed by atoms with Crippen LogP contribution in [0.15, 0.2) is 18.2 Å². The van der Waals surface area contributed by atoms with Crippen LogP contribution in [0.25, 0.3) is 0 Å². The molecule has 0 radical (unpaired) electrons. The predicted molar refractivity (Wildman–Crippen MR) is 53.0 cm³/mol. The van der Waals surface area contributed by atoms with Gasteiger partial charge in [-0.15, -0.1) is 0 Å². The second-order valence-corrected chi connectivity index (χ2v) is 3.26. The van der Waals surface area contributed by atoms with Gasteiger partial charge in [0.05, 0.1) is 6.07 Å². The van der Waals surface area contributed by atoms with Crippen LogP contribution in [0.4, 0.5) is 8.78 Å². The van der Waals surface area contributed by atoms with Gasteiger partial charge in [-0.1, -0.05) is 6.07 Å². The van der Waals surface area contributed by atoms with E-state index in [4.69, 9.17) is 5.26 Å². The topological polar surface area (TPSA) is 35.8 Å². The molecule has 0 saturated carbocycles. The highest BCUT2D eigenvalue weighted by atomic mass is 19.2. The monoisotopic (exact) mass is 210 g/mol. The van der Waals surface area contributed by atoms with Crippen molar-refractivity contribution in [3.8, 4) is 6.07 Å². The number of nitrogens with one attached hydrogen (secondary N) is 1. The van der Waals surface area contributed by atoms with Crippen molar-refractivity contribution in [1.82, 2.24) is 5.32 Å². The zero-order chi connectivity index (χ0) is 11.3. The van der Waals surface area contributed by atoms with E-state index >= 15 is 0 Å². The Bertz CT molecular complexity index is 371. The molecular formula is C11H12F2N2. The first-order valence-corrected chi connectivity index (χ1v) is 4.70. The summed E-state index contributed by atoms with van der Waals surface area (Å²) in [7, 11) is 0. The number of hydrogen-bond acceptors (Lipinski definition) is 2. The normalized spacial score (nSPS) is 12.1. The molecule has 0 heterocycles. The lowest BCUT2D eigenvalue weighted by Gasteiger charge is -2.13. The summed E-state index contributed by atoms with van der Waals surface area (Å²) in [4.78, 5) is 0.